The number of aliphatic hydroxyl groups is 1. The van der Waals surface area contributed by atoms with Crippen molar-refractivity contribution in [3.05, 3.63) is 53.6 Å². The minimum absolute atomic E-state index is 0.0486. The van der Waals surface area contributed by atoms with Crippen LogP contribution in [0, 0.1) is 0 Å². The van der Waals surface area contributed by atoms with Gasteiger partial charge in [0.05, 0.1) is 26.2 Å². The molecule has 0 bridgehead atoms. The van der Waals surface area contributed by atoms with Crippen LogP contribution in [-0.4, -0.2) is 55.1 Å². The number of carbonyl (C=O) groups is 2. The van der Waals surface area contributed by atoms with E-state index in [9.17, 15) is 14.7 Å². The number of fused-ring (bicyclic) bond motifs is 3. The molecule has 2 aromatic carbocycles. The van der Waals surface area contributed by atoms with Crippen LogP contribution < -0.4 is 25.4 Å². The number of rotatable bonds is 8. The molecule has 1 saturated carbocycles. The third-order valence-corrected chi connectivity index (χ3v) is 7.53. The van der Waals surface area contributed by atoms with Crippen molar-refractivity contribution in [3.8, 4) is 11.5 Å². The molecule has 2 aromatic rings. The van der Waals surface area contributed by atoms with Crippen LogP contribution in [0.25, 0.3) is 0 Å². The Morgan fingerprint density at radius 2 is 1.95 bits per heavy atom. The summed E-state index contributed by atoms with van der Waals surface area (Å²) in [5.74, 6) is 1.26. The lowest BCUT2D eigenvalue weighted by Gasteiger charge is -2.37. The Bertz CT molecular complexity index is 1120. The number of nitrogens with one attached hydrogen (secondary N) is 3. The molecule has 3 aliphatic rings. The van der Waals surface area contributed by atoms with Gasteiger partial charge < -0.3 is 35.3 Å². The molecule has 1 saturated heterocycles. The maximum Gasteiger partial charge on any atom is 0.319 e. The summed E-state index contributed by atoms with van der Waals surface area (Å²) in [5, 5.41) is 18.9. The SMILES string of the molecule is COc1ccccc1CNC(=O)C[C@H]1C[C@H]2c3cc(NC(=O)NC4CCCC4)ccc3O[C@H]2[C@@H](CO)O1. The maximum absolute atomic E-state index is 12.8. The molecule has 5 rings (SSSR count). The zero-order valence-corrected chi connectivity index (χ0v) is 21.1. The van der Waals surface area contributed by atoms with Crippen LogP contribution >= 0.6 is 0 Å². The van der Waals surface area contributed by atoms with Crippen molar-refractivity contribution >= 4 is 17.6 Å². The van der Waals surface area contributed by atoms with Crippen molar-refractivity contribution in [1.29, 1.82) is 0 Å². The molecular formula is C28H35N3O6. The van der Waals surface area contributed by atoms with Gasteiger partial charge in [0.15, 0.2) is 0 Å². The second kappa shape index (κ2) is 11.4. The van der Waals surface area contributed by atoms with Crippen LogP contribution in [0.2, 0.25) is 0 Å². The number of anilines is 1. The van der Waals surface area contributed by atoms with E-state index in [1.807, 2.05) is 42.5 Å². The van der Waals surface area contributed by atoms with Crippen molar-refractivity contribution < 1.29 is 28.9 Å². The average molecular weight is 510 g/mol. The number of benzene rings is 2. The van der Waals surface area contributed by atoms with Crippen LogP contribution in [0.3, 0.4) is 0 Å². The Morgan fingerprint density at radius 1 is 1.14 bits per heavy atom. The summed E-state index contributed by atoms with van der Waals surface area (Å²) in [4.78, 5) is 25.2. The lowest BCUT2D eigenvalue weighted by atomic mass is 9.84. The highest BCUT2D eigenvalue weighted by Gasteiger charge is 2.46. The molecule has 3 amide bonds. The summed E-state index contributed by atoms with van der Waals surface area (Å²) >= 11 is 0. The van der Waals surface area contributed by atoms with Gasteiger partial charge in [-0.15, -0.1) is 0 Å². The molecular weight excluding hydrogens is 474 g/mol. The number of aliphatic hydroxyl groups excluding tert-OH is 1. The molecule has 9 heteroatoms. The van der Waals surface area contributed by atoms with Gasteiger partial charge in [-0.2, -0.15) is 0 Å². The van der Waals surface area contributed by atoms with Crippen molar-refractivity contribution in [1.82, 2.24) is 10.6 Å². The fraction of sp³-hybridized carbons (Fsp3) is 0.500. The molecule has 2 heterocycles. The van der Waals surface area contributed by atoms with Gasteiger partial charge in [0, 0.05) is 35.3 Å². The summed E-state index contributed by atoms with van der Waals surface area (Å²) in [7, 11) is 1.60. The van der Waals surface area contributed by atoms with Crippen LogP contribution in [0.15, 0.2) is 42.5 Å². The van der Waals surface area contributed by atoms with Gasteiger partial charge in [0.1, 0.15) is 23.7 Å². The molecule has 198 valence electrons. The van der Waals surface area contributed by atoms with E-state index >= 15 is 0 Å². The van der Waals surface area contributed by atoms with Gasteiger partial charge in [-0.05, 0) is 43.5 Å². The topological polar surface area (TPSA) is 118 Å². The number of para-hydroxylation sites is 1. The molecule has 37 heavy (non-hydrogen) atoms. The minimum Gasteiger partial charge on any atom is -0.496 e. The third-order valence-electron chi connectivity index (χ3n) is 7.53. The second-order valence-corrected chi connectivity index (χ2v) is 10.0. The standard InChI is InChI=1S/C28H35N3O6/c1-35-23-9-5-2-6-17(23)15-29-26(33)14-20-13-22-21-12-19(31-28(34)30-18-7-3-4-8-18)10-11-24(21)37-27(22)25(16-32)36-20/h2,5-6,9-12,18,20,22,25,27,32H,3-4,7-8,13-16H2,1H3,(H,29,33)(H2,30,31,34)/t20-,22+,25-,27-/m1/s1. The first-order valence-electron chi connectivity index (χ1n) is 13.1. The van der Waals surface area contributed by atoms with Gasteiger partial charge in [0.2, 0.25) is 5.91 Å². The Morgan fingerprint density at radius 3 is 2.73 bits per heavy atom. The van der Waals surface area contributed by atoms with E-state index in [0.717, 1.165) is 48.3 Å². The normalized spacial score (nSPS) is 24.5. The molecule has 4 atom stereocenters. The number of hydrogen-bond donors (Lipinski definition) is 4. The van der Waals surface area contributed by atoms with E-state index in [2.05, 4.69) is 16.0 Å². The van der Waals surface area contributed by atoms with Gasteiger partial charge in [-0.1, -0.05) is 31.0 Å². The van der Waals surface area contributed by atoms with E-state index in [1.54, 1.807) is 7.11 Å². The molecule has 0 unspecified atom stereocenters. The number of urea groups is 1. The van der Waals surface area contributed by atoms with Crippen molar-refractivity contribution in [2.45, 2.75) is 75.3 Å². The summed E-state index contributed by atoms with van der Waals surface area (Å²) in [6, 6.07) is 13.2. The van der Waals surface area contributed by atoms with Gasteiger partial charge in [-0.3, -0.25) is 4.79 Å². The quantitative estimate of drug-likeness (QED) is 0.433. The second-order valence-electron chi connectivity index (χ2n) is 10.0. The Balaban J connectivity index is 1.22. The molecule has 2 fully saturated rings. The number of amides is 3. The molecule has 2 aliphatic heterocycles. The first kappa shape index (κ1) is 25.4. The first-order valence-corrected chi connectivity index (χ1v) is 13.1. The highest BCUT2D eigenvalue weighted by atomic mass is 16.6. The predicted octanol–water partition coefficient (Wildman–Crippen LogP) is 3.46. The lowest BCUT2D eigenvalue weighted by Crippen LogP contribution is -2.47. The number of methoxy groups -OCH3 is 1. The van der Waals surface area contributed by atoms with Gasteiger partial charge in [-0.25, -0.2) is 4.79 Å². The molecule has 1 aliphatic carbocycles. The summed E-state index contributed by atoms with van der Waals surface area (Å²) in [5.41, 5.74) is 2.55. The Hall–Kier alpha value is -3.30. The van der Waals surface area contributed by atoms with E-state index in [-0.39, 0.29) is 49.1 Å². The monoisotopic (exact) mass is 509 g/mol. The minimum atomic E-state index is -0.541. The number of carbonyl (C=O) groups excluding carboxylic acids is 2. The Kier molecular flexibility index (Phi) is 7.81. The van der Waals surface area contributed by atoms with E-state index in [1.165, 1.54) is 0 Å². The number of ether oxygens (including phenoxy) is 3. The largest absolute Gasteiger partial charge is 0.496 e. The van der Waals surface area contributed by atoms with Crippen molar-refractivity contribution in [2.75, 3.05) is 19.0 Å². The van der Waals surface area contributed by atoms with Crippen molar-refractivity contribution in [2.24, 2.45) is 0 Å². The highest BCUT2D eigenvalue weighted by Crippen LogP contribution is 2.47. The maximum atomic E-state index is 12.8. The zero-order chi connectivity index (χ0) is 25.8. The molecule has 0 radical (unpaired) electrons. The summed E-state index contributed by atoms with van der Waals surface area (Å²) in [6.07, 6.45) is 3.84. The first-order chi connectivity index (χ1) is 18.0. The van der Waals surface area contributed by atoms with Crippen LogP contribution in [0.1, 0.15) is 55.6 Å². The van der Waals surface area contributed by atoms with Crippen molar-refractivity contribution in [3.63, 3.8) is 0 Å². The highest BCUT2D eigenvalue weighted by molar-refractivity contribution is 5.89. The zero-order valence-electron chi connectivity index (χ0n) is 21.1. The average Bonchev–Trinajstić information content (AvgIpc) is 3.54. The predicted molar refractivity (Wildman–Crippen MR) is 138 cm³/mol. The molecule has 0 spiro atoms. The van der Waals surface area contributed by atoms with Gasteiger partial charge >= 0.3 is 6.03 Å². The van der Waals surface area contributed by atoms with Gasteiger partial charge in [0.25, 0.3) is 0 Å². The fourth-order valence-electron chi connectivity index (χ4n) is 5.71. The van der Waals surface area contributed by atoms with Crippen LogP contribution in [0.5, 0.6) is 11.5 Å². The molecule has 0 aromatic heterocycles. The van der Waals surface area contributed by atoms with E-state index < -0.39 is 6.10 Å². The van der Waals surface area contributed by atoms with E-state index in [0.29, 0.717) is 18.7 Å². The third kappa shape index (κ3) is 5.83. The molecule has 4 N–H and O–H groups in total. The Labute approximate surface area is 216 Å². The summed E-state index contributed by atoms with van der Waals surface area (Å²) in [6.45, 7) is 0.151. The van der Waals surface area contributed by atoms with Crippen LogP contribution in [0.4, 0.5) is 10.5 Å². The fourth-order valence-corrected chi connectivity index (χ4v) is 5.71. The van der Waals surface area contributed by atoms with Crippen LogP contribution in [-0.2, 0) is 16.1 Å². The molecule has 9 nitrogen and oxygen atoms in total. The lowest BCUT2D eigenvalue weighted by molar-refractivity contribution is -0.142. The number of hydrogen-bond acceptors (Lipinski definition) is 6. The summed E-state index contributed by atoms with van der Waals surface area (Å²) < 4.78 is 17.6. The van der Waals surface area contributed by atoms with E-state index in [4.69, 9.17) is 14.2 Å². The smallest absolute Gasteiger partial charge is 0.319 e.